The molecule has 1 aliphatic heterocycles. The zero-order valence-corrected chi connectivity index (χ0v) is 19.1. The van der Waals surface area contributed by atoms with Crippen LogP contribution in [-0.2, 0) is 4.79 Å². The summed E-state index contributed by atoms with van der Waals surface area (Å²) in [6.07, 6.45) is 3.88. The Morgan fingerprint density at radius 2 is 1.94 bits per heavy atom. The Kier molecular flexibility index (Phi) is 8.88. The van der Waals surface area contributed by atoms with Crippen LogP contribution in [0.5, 0.6) is 11.5 Å². The lowest BCUT2D eigenvalue weighted by Gasteiger charge is -2.25. The number of benzene rings is 2. The smallest absolute Gasteiger partial charge is 0.181 e. The molecule has 4 nitrogen and oxygen atoms in total. The van der Waals surface area contributed by atoms with E-state index >= 15 is 4.39 Å². The van der Waals surface area contributed by atoms with Gasteiger partial charge in [-0.25, -0.2) is 4.39 Å². The number of rotatable bonds is 10. The highest BCUT2D eigenvalue weighted by molar-refractivity contribution is 6.32. The summed E-state index contributed by atoms with van der Waals surface area (Å²) in [4.78, 5) is 12.5. The van der Waals surface area contributed by atoms with E-state index in [0.717, 1.165) is 25.9 Å². The third kappa shape index (κ3) is 6.76. The van der Waals surface area contributed by atoms with E-state index in [4.69, 9.17) is 16.3 Å². The fourth-order valence-electron chi connectivity index (χ4n) is 4.18. The number of carbonyl (C=O) groups is 1. The molecule has 0 aromatic heterocycles. The number of hydrogen-bond donors (Lipinski definition) is 2. The van der Waals surface area contributed by atoms with E-state index in [1.165, 1.54) is 0 Å². The van der Waals surface area contributed by atoms with Crippen molar-refractivity contribution in [2.24, 2.45) is 5.92 Å². The molecule has 2 N–H and O–H groups in total. The van der Waals surface area contributed by atoms with Gasteiger partial charge in [0.15, 0.2) is 11.6 Å². The van der Waals surface area contributed by atoms with Crippen LogP contribution < -0.4 is 15.4 Å². The van der Waals surface area contributed by atoms with Gasteiger partial charge in [-0.2, -0.15) is 0 Å². The Labute approximate surface area is 189 Å². The van der Waals surface area contributed by atoms with Crippen LogP contribution >= 0.6 is 11.6 Å². The molecule has 168 valence electrons. The van der Waals surface area contributed by atoms with Crippen molar-refractivity contribution in [3.05, 3.63) is 58.9 Å². The van der Waals surface area contributed by atoms with Gasteiger partial charge in [0, 0.05) is 30.5 Å². The minimum atomic E-state index is -0.469. The first-order valence-electron chi connectivity index (χ1n) is 11.2. The normalized spacial score (nSPS) is 16.6. The van der Waals surface area contributed by atoms with Gasteiger partial charge >= 0.3 is 0 Å². The topological polar surface area (TPSA) is 50.4 Å². The van der Waals surface area contributed by atoms with Crippen molar-refractivity contribution in [2.75, 3.05) is 13.1 Å². The largest absolute Gasteiger partial charge is 0.453 e. The Bertz CT molecular complexity index is 856. The zero-order valence-electron chi connectivity index (χ0n) is 18.3. The molecule has 0 spiro atoms. The molecule has 2 aromatic carbocycles. The third-order valence-corrected chi connectivity index (χ3v) is 6.12. The summed E-state index contributed by atoms with van der Waals surface area (Å²) < 4.78 is 21.1. The van der Waals surface area contributed by atoms with Gasteiger partial charge in [-0.15, -0.1) is 0 Å². The Hall–Kier alpha value is -1.95. The molecule has 3 rings (SSSR count). The molecule has 2 atom stereocenters. The zero-order chi connectivity index (χ0) is 22.2. The number of hydrogen-bond acceptors (Lipinski definition) is 4. The number of ketones is 1. The lowest BCUT2D eigenvalue weighted by atomic mass is 9.91. The van der Waals surface area contributed by atoms with Crippen molar-refractivity contribution in [2.45, 2.75) is 58.0 Å². The first-order chi connectivity index (χ1) is 15.0. The number of para-hydroxylation sites is 1. The predicted molar refractivity (Wildman–Crippen MR) is 123 cm³/mol. The number of nitrogens with one attached hydrogen (secondary N) is 2. The summed E-state index contributed by atoms with van der Waals surface area (Å²) in [7, 11) is 0. The summed E-state index contributed by atoms with van der Waals surface area (Å²) in [5, 5.41) is 6.99. The number of ether oxygens (including phenoxy) is 1. The third-order valence-electron chi connectivity index (χ3n) is 5.82. The van der Waals surface area contributed by atoms with Crippen molar-refractivity contribution in [1.29, 1.82) is 0 Å². The number of piperidine rings is 1. The molecule has 1 saturated heterocycles. The summed E-state index contributed by atoms with van der Waals surface area (Å²) in [5.41, 5.74) is 0.496. The van der Waals surface area contributed by atoms with E-state index in [1.807, 2.05) is 32.0 Å². The number of carbonyl (C=O) groups excluding carboxylic acids is 1. The second-order valence-corrected chi connectivity index (χ2v) is 8.77. The first kappa shape index (κ1) is 23.7. The van der Waals surface area contributed by atoms with E-state index in [2.05, 4.69) is 10.6 Å². The molecule has 0 radical (unpaired) electrons. The predicted octanol–water partition coefficient (Wildman–Crippen LogP) is 6.05. The van der Waals surface area contributed by atoms with Crippen molar-refractivity contribution in [3.63, 3.8) is 0 Å². The fourth-order valence-corrected chi connectivity index (χ4v) is 4.36. The van der Waals surface area contributed by atoms with Gasteiger partial charge in [0.1, 0.15) is 11.5 Å². The van der Waals surface area contributed by atoms with Crippen LogP contribution in [0.4, 0.5) is 4.39 Å². The average Bonchev–Trinajstić information content (AvgIpc) is 2.76. The standard InChI is InChI=1S/C25H32ClFN2O2/c1-3-23(29-17(2)15-19(30)16-18-11-13-28-14-12-18)21-9-10-22(26)25(24(21)27)31-20-7-5-4-6-8-20/h4-10,17-18,23,28-29H,3,11-16H2,1-2H3/t17-,23+/m0/s1. The van der Waals surface area contributed by atoms with Crippen molar-refractivity contribution in [3.8, 4) is 11.5 Å². The van der Waals surface area contributed by atoms with E-state index in [1.54, 1.807) is 24.3 Å². The molecule has 6 heteroatoms. The van der Waals surface area contributed by atoms with Crippen LogP contribution in [0, 0.1) is 11.7 Å². The van der Waals surface area contributed by atoms with Gasteiger partial charge in [0.25, 0.3) is 0 Å². The molecule has 0 saturated carbocycles. The Morgan fingerprint density at radius 1 is 1.23 bits per heavy atom. The summed E-state index contributed by atoms with van der Waals surface area (Å²) in [6.45, 7) is 5.96. The van der Waals surface area contributed by atoms with Crippen LogP contribution in [0.1, 0.15) is 57.6 Å². The number of Topliss-reactive ketones (excluding diaryl/α,β-unsaturated/α-hetero) is 1. The maximum absolute atomic E-state index is 15.4. The molecule has 1 aliphatic rings. The highest BCUT2D eigenvalue weighted by Crippen LogP contribution is 2.36. The Morgan fingerprint density at radius 3 is 2.61 bits per heavy atom. The Balaban J connectivity index is 1.65. The van der Waals surface area contributed by atoms with Crippen molar-refractivity contribution < 1.29 is 13.9 Å². The lowest BCUT2D eigenvalue weighted by molar-refractivity contribution is -0.120. The van der Waals surface area contributed by atoms with E-state index in [9.17, 15) is 4.79 Å². The fraction of sp³-hybridized carbons (Fsp3) is 0.480. The lowest BCUT2D eigenvalue weighted by Crippen LogP contribution is -2.34. The van der Waals surface area contributed by atoms with Crippen LogP contribution in [0.25, 0.3) is 0 Å². The van der Waals surface area contributed by atoms with Crippen LogP contribution in [-0.4, -0.2) is 24.9 Å². The van der Waals surface area contributed by atoms with Gasteiger partial charge in [-0.3, -0.25) is 4.79 Å². The maximum Gasteiger partial charge on any atom is 0.181 e. The van der Waals surface area contributed by atoms with Gasteiger partial charge in [-0.05, 0) is 63.4 Å². The highest BCUT2D eigenvalue weighted by Gasteiger charge is 2.23. The summed E-state index contributed by atoms with van der Waals surface area (Å²) in [5.74, 6) is 0.836. The second kappa shape index (κ2) is 11.6. The van der Waals surface area contributed by atoms with E-state index in [0.29, 0.717) is 36.5 Å². The highest BCUT2D eigenvalue weighted by atomic mass is 35.5. The first-order valence-corrected chi connectivity index (χ1v) is 11.5. The molecule has 0 amide bonds. The van der Waals surface area contributed by atoms with Crippen molar-refractivity contribution >= 4 is 17.4 Å². The molecular formula is C25H32ClFN2O2. The molecule has 1 heterocycles. The van der Waals surface area contributed by atoms with E-state index < -0.39 is 5.82 Å². The van der Waals surface area contributed by atoms with Gasteiger partial charge in [0.05, 0.1) is 5.02 Å². The van der Waals surface area contributed by atoms with Gasteiger partial charge < -0.3 is 15.4 Å². The molecule has 0 aliphatic carbocycles. The molecule has 0 bridgehead atoms. The summed E-state index contributed by atoms with van der Waals surface area (Å²) >= 11 is 6.23. The molecule has 31 heavy (non-hydrogen) atoms. The van der Waals surface area contributed by atoms with Crippen molar-refractivity contribution in [1.82, 2.24) is 10.6 Å². The number of halogens is 2. The average molecular weight is 447 g/mol. The maximum atomic E-state index is 15.4. The van der Waals surface area contributed by atoms with Gasteiger partial charge in [0.2, 0.25) is 0 Å². The minimum Gasteiger partial charge on any atom is -0.453 e. The molecule has 2 aromatic rings. The minimum absolute atomic E-state index is 0.0280. The van der Waals surface area contributed by atoms with E-state index in [-0.39, 0.29) is 28.6 Å². The molecule has 1 fully saturated rings. The monoisotopic (exact) mass is 446 g/mol. The quantitative estimate of drug-likeness (QED) is 0.466. The van der Waals surface area contributed by atoms with Crippen LogP contribution in [0.3, 0.4) is 0 Å². The summed E-state index contributed by atoms with van der Waals surface area (Å²) in [6, 6.07) is 12.1. The second-order valence-electron chi connectivity index (χ2n) is 8.36. The van der Waals surface area contributed by atoms with Crippen LogP contribution in [0.2, 0.25) is 5.02 Å². The SMILES string of the molecule is CC[C@@H](N[C@@H](C)CC(=O)CC1CCNCC1)c1ccc(Cl)c(Oc2ccccc2)c1F. The van der Waals surface area contributed by atoms with Gasteiger partial charge in [-0.1, -0.05) is 42.8 Å². The molecular weight excluding hydrogens is 415 g/mol. The van der Waals surface area contributed by atoms with Crippen LogP contribution in [0.15, 0.2) is 42.5 Å². The molecule has 0 unspecified atom stereocenters.